The average molecular weight is 286 g/mol. The van der Waals surface area contributed by atoms with Gasteiger partial charge in [-0.3, -0.25) is 0 Å². The van der Waals surface area contributed by atoms with E-state index in [0.717, 1.165) is 6.42 Å². The van der Waals surface area contributed by atoms with Gasteiger partial charge in [-0.25, -0.2) is 4.79 Å². The van der Waals surface area contributed by atoms with Gasteiger partial charge in [0.2, 0.25) is 6.29 Å². The van der Waals surface area contributed by atoms with Crippen molar-refractivity contribution in [2.75, 3.05) is 6.61 Å². The van der Waals surface area contributed by atoms with Gasteiger partial charge in [-0.15, -0.1) is 0 Å². The van der Waals surface area contributed by atoms with Crippen molar-refractivity contribution in [1.82, 2.24) is 0 Å². The fourth-order valence-electron chi connectivity index (χ4n) is 1.76. The number of rotatable bonds is 11. The van der Waals surface area contributed by atoms with E-state index >= 15 is 0 Å². The maximum atomic E-state index is 11.3. The summed E-state index contributed by atoms with van der Waals surface area (Å²) in [5, 5.41) is 0. The lowest BCUT2D eigenvalue weighted by molar-refractivity contribution is -0.229. The van der Waals surface area contributed by atoms with Crippen molar-refractivity contribution in [1.29, 1.82) is 0 Å². The zero-order chi connectivity index (χ0) is 15.5. The van der Waals surface area contributed by atoms with E-state index in [-0.39, 0.29) is 0 Å². The summed E-state index contributed by atoms with van der Waals surface area (Å²) in [6, 6.07) is 0. The Morgan fingerprint density at radius 2 is 1.85 bits per heavy atom. The molecule has 3 atom stereocenters. The number of esters is 1. The van der Waals surface area contributed by atoms with Gasteiger partial charge in [0, 0.05) is 5.57 Å². The Kier molecular flexibility index (Phi) is 10.4. The Hall–Kier alpha value is -0.870. The molecule has 118 valence electrons. The van der Waals surface area contributed by atoms with Crippen molar-refractivity contribution in [3.8, 4) is 0 Å². The first-order valence-corrected chi connectivity index (χ1v) is 7.54. The van der Waals surface area contributed by atoms with E-state index in [0.29, 0.717) is 18.1 Å². The van der Waals surface area contributed by atoms with Gasteiger partial charge in [0.05, 0.1) is 6.61 Å². The molecule has 0 radical (unpaired) electrons. The van der Waals surface area contributed by atoms with Crippen molar-refractivity contribution in [3.05, 3.63) is 12.2 Å². The summed E-state index contributed by atoms with van der Waals surface area (Å²) >= 11 is 0. The summed E-state index contributed by atoms with van der Waals surface area (Å²) in [6.45, 7) is 13.7. The van der Waals surface area contributed by atoms with Crippen LogP contribution in [0.15, 0.2) is 12.2 Å². The molecular formula is C16H30O4. The fraction of sp³-hybridized carbons (Fsp3) is 0.812. The van der Waals surface area contributed by atoms with Crippen molar-refractivity contribution in [2.45, 2.75) is 72.9 Å². The van der Waals surface area contributed by atoms with Crippen molar-refractivity contribution in [3.63, 3.8) is 0 Å². The lowest BCUT2D eigenvalue weighted by Crippen LogP contribution is -2.26. The van der Waals surface area contributed by atoms with E-state index in [1.165, 1.54) is 19.3 Å². The molecule has 4 nitrogen and oxygen atoms in total. The van der Waals surface area contributed by atoms with Crippen molar-refractivity contribution >= 4 is 5.97 Å². The first-order valence-electron chi connectivity index (χ1n) is 7.54. The molecule has 4 heteroatoms. The van der Waals surface area contributed by atoms with E-state index < -0.39 is 18.5 Å². The summed E-state index contributed by atoms with van der Waals surface area (Å²) in [4.78, 5) is 11.3. The van der Waals surface area contributed by atoms with Crippen LogP contribution in [0.3, 0.4) is 0 Å². The number of hydrogen-bond donors (Lipinski definition) is 0. The zero-order valence-corrected chi connectivity index (χ0v) is 13.6. The van der Waals surface area contributed by atoms with Crippen LogP contribution in [0.25, 0.3) is 0 Å². The summed E-state index contributed by atoms with van der Waals surface area (Å²) in [7, 11) is 0. The molecule has 0 saturated carbocycles. The number of carbonyl (C=O) groups excluding carboxylic acids is 1. The van der Waals surface area contributed by atoms with E-state index in [1.54, 1.807) is 13.8 Å². The summed E-state index contributed by atoms with van der Waals surface area (Å²) < 4.78 is 16.2. The molecule has 0 bridgehead atoms. The van der Waals surface area contributed by atoms with Gasteiger partial charge >= 0.3 is 5.97 Å². The second kappa shape index (κ2) is 10.9. The highest BCUT2D eigenvalue weighted by molar-refractivity contribution is 5.86. The first-order chi connectivity index (χ1) is 9.40. The van der Waals surface area contributed by atoms with Gasteiger partial charge in [0.1, 0.15) is 0 Å². The molecule has 0 saturated heterocycles. The number of ether oxygens (including phenoxy) is 3. The highest BCUT2D eigenvalue weighted by atomic mass is 16.8. The van der Waals surface area contributed by atoms with E-state index in [9.17, 15) is 4.79 Å². The van der Waals surface area contributed by atoms with Gasteiger partial charge in [-0.2, -0.15) is 0 Å². The predicted octanol–water partition coefficient (Wildman–Crippen LogP) is 4.05. The summed E-state index contributed by atoms with van der Waals surface area (Å²) in [6.07, 6.45) is 3.69. The van der Waals surface area contributed by atoms with Crippen LogP contribution in [-0.4, -0.2) is 25.2 Å². The Morgan fingerprint density at radius 1 is 1.20 bits per heavy atom. The Labute approximate surface area is 123 Å². The van der Waals surface area contributed by atoms with Gasteiger partial charge in [0.25, 0.3) is 0 Å². The van der Waals surface area contributed by atoms with Crippen LogP contribution in [0.2, 0.25) is 0 Å². The second-order valence-corrected chi connectivity index (χ2v) is 5.21. The average Bonchev–Trinajstić information content (AvgIpc) is 2.38. The zero-order valence-electron chi connectivity index (χ0n) is 13.6. The van der Waals surface area contributed by atoms with Crippen LogP contribution in [0.4, 0.5) is 0 Å². The van der Waals surface area contributed by atoms with Crippen LogP contribution in [-0.2, 0) is 19.0 Å². The first kappa shape index (κ1) is 19.1. The normalized spacial score (nSPS) is 15.4. The SMILES string of the molecule is C=C(C)C(=O)OC(C)OC(C)OCC(CC)CCCC. The van der Waals surface area contributed by atoms with Crippen LogP contribution in [0.5, 0.6) is 0 Å². The molecule has 0 aliphatic rings. The van der Waals surface area contributed by atoms with Gasteiger partial charge in [-0.1, -0.05) is 39.7 Å². The van der Waals surface area contributed by atoms with Gasteiger partial charge in [0.15, 0.2) is 6.29 Å². The molecule has 0 aliphatic heterocycles. The number of unbranched alkanes of at least 4 members (excludes halogenated alkanes) is 1. The molecule has 0 aliphatic carbocycles. The van der Waals surface area contributed by atoms with Gasteiger partial charge in [-0.05, 0) is 33.1 Å². The smallest absolute Gasteiger partial charge is 0.335 e. The molecule has 0 aromatic heterocycles. The van der Waals surface area contributed by atoms with Crippen LogP contribution in [0, 0.1) is 5.92 Å². The van der Waals surface area contributed by atoms with Crippen LogP contribution < -0.4 is 0 Å². The van der Waals surface area contributed by atoms with Gasteiger partial charge < -0.3 is 14.2 Å². The largest absolute Gasteiger partial charge is 0.433 e. The third-order valence-corrected chi connectivity index (χ3v) is 3.11. The standard InChI is InChI=1S/C16H30O4/c1-7-9-10-15(8-2)11-18-13(5)19-14(6)20-16(17)12(3)4/h13-15H,3,7-11H2,1-2,4-6H3. The number of carbonyl (C=O) groups is 1. The molecule has 0 rings (SSSR count). The molecule has 0 spiro atoms. The maximum Gasteiger partial charge on any atom is 0.335 e. The molecule has 0 amide bonds. The Morgan fingerprint density at radius 3 is 2.35 bits per heavy atom. The van der Waals surface area contributed by atoms with Crippen molar-refractivity contribution in [2.24, 2.45) is 5.92 Å². The third kappa shape index (κ3) is 9.10. The molecule has 0 fully saturated rings. The topological polar surface area (TPSA) is 44.8 Å². The molecular weight excluding hydrogens is 256 g/mol. The monoisotopic (exact) mass is 286 g/mol. The lowest BCUT2D eigenvalue weighted by Gasteiger charge is -2.22. The van der Waals surface area contributed by atoms with Crippen LogP contribution >= 0.6 is 0 Å². The third-order valence-electron chi connectivity index (χ3n) is 3.11. The predicted molar refractivity (Wildman–Crippen MR) is 80.2 cm³/mol. The minimum atomic E-state index is -0.634. The van der Waals surface area contributed by atoms with E-state index in [4.69, 9.17) is 14.2 Å². The Bertz CT molecular complexity index is 288. The summed E-state index contributed by atoms with van der Waals surface area (Å²) in [5.41, 5.74) is 0.361. The second-order valence-electron chi connectivity index (χ2n) is 5.21. The molecule has 0 N–H and O–H groups in total. The minimum Gasteiger partial charge on any atom is -0.433 e. The van der Waals surface area contributed by atoms with Crippen molar-refractivity contribution < 1.29 is 19.0 Å². The summed E-state index contributed by atoms with van der Waals surface area (Å²) in [5.74, 6) is 0.119. The molecule has 0 aromatic rings. The number of hydrogen-bond acceptors (Lipinski definition) is 4. The minimum absolute atomic E-state index is 0.361. The molecule has 0 aromatic carbocycles. The highest BCUT2D eigenvalue weighted by Crippen LogP contribution is 2.14. The van der Waals surface area contributed by atoms with E-state index in [2.05, 4.69) is 20.4 Å². The fourth-order valence-corrected chi connectivity index (χ4v) is 1.76. The van der Waals surface area contributed by atoms with Crippen LogP contribution in [0.1, 0.15) is 60.3 Å². The molecule has 20 heavy (non-hydrogen) atoms. The highest BCUT2D eigenvalue weighted by Gasteiger charge is 2.15. The maximum absolute atomic E-state index is 11.3. The quantitative estimate of drug-likeness (QED) is 0.326. The molecule has 3 unspecified atom stereocenters. The van der Waals surface area contributed by atoms with E-state index in [1.807, 2.05) is 6.92 Å². The Balaban J connectivity index is 3.93. The molecule has 0 heterocycles. The lowest BCUT2D eigenvalue weighted by atomic mass is 10.0.